The van der Waals surface area contributed by atoms with E-state index in [9.17, 15) is 13.8 Å². The quantitative estimate of drug-likeness (QED) is 0.735. The summed E-state index contributed by atoms with van der Waals surface area (Å²) in [4.78, 5) is 29.1. The van der Waals surface area contributed by atoms with Gasteiger partial charge in [0.25, 0.3) is 5.91 Å². The van der Waals surface area contributed by atoms with Gasteiger partial charge in [0.1, 0.15) is 0 Å². The fourth-order valence-electron chi connectivity index (χ4n) is 4.64. The van der Waals surface area contributed by atoms with E-state index in [2.05, 4.69) is 0 Å². The Morgan fingerprint density at radius 3 is 2.38 bits per heavy atom. The van der Waals surface area contributed by atoms with Crippen LogP contribution in [-0.4, -0.2) is 26.9 Å². The summed E-state index contributed by atoms with van der Waals surface area (Å²) in [5.74, 6) is -1.52. The molecule has 2 heterocycles. The van der Waals surface area contributed by atoms with E-state index in [0.29, 0.717) is 17.0 Å². The van der Waals surface area contributed by atoms with Crippen molar-refractivity contribution in [1.29, 1.82) is 0 Å². The molecule has 0 saturated carbocycles. The molecule has 2 aliphatic heterocycles. The number of para-hydroxylation sites is 1. The highest BCUT2D eigenvalue weighted by Gasteiger charge is 2.70. The zero-order chi connectivity index (χ0) is 20.2. The van der Waals surface area contributed by atoms with Gasteiger partial charge in [0.05, 0.1) is 28.7 Å². The van der Waals surface area contributed by atoms with Crippen LogP contribution in [0.15, 0.2) is 89.0 Å². The van der Waals surface area contributed by atoms with Crippen molar-refractivity contribution in [1.82, 2.24) is 0 Å². The molecule has 0 aromatic heterocycles. The summed E-state index contributed by atoms with van der Waals surface area (Å²) in [6.07, 6.45) is 3.00. The number of hydrogen-bond acceptors (Lipinski definition) is 4. The number of carbonyl (C=O) groups is 2. The lowest BCUT2D eigenvalue weighted by molar-refractivity contribution is -0.122. The molecule has 5 rings (SSSR count). The van der Waals surface area contributed by atoms with Gasteiger partial charge in [-0.2, -0.15) is 0 Å². The Morgan fingerprint density at radius 2 is 1.69 bits per heavy atom. The normalized spacial score (nSPS) is 28.9. The molecule has 146 valence electrons. The Balaban J connectivity index is 1.73. The summed E-state index contributed by atoms with van der Waals surface area (Å²) in [6, 6.07) is 17.7. The molecule has 2 amide bonds. The molecule has 1 saturated heterocycles. The zero-order valence-electron chi connectivity index (χ0n) is 15.8. The zero-order valence-corrected chi connectivity index (χ0v) is 16.6. The van der Waals surface area contributed by atoms with Crippen molar-refractivity contribution < 1.29 is 18.5 Å². The number of anilines is 1. The van der Waals surface area contributed by atoms with E-state index in [1.54, 1.807) is 54.8 Å². The smallest absolute Gasteiger partial charge is 0.258 e. The molecule has 0 N–H and O–H groups in total. The maximum Gasteiger partial charge on any atom is 0.258 e. The molecule has 0 radical (unpaired) electrons. The van der Waals surface area contributed by atoms with Gasteiger partial charge in [-0.05, 0) is 49.3 Å². The van der Waals surface area contributed by atoms with E-state index < -0.39 is 33.5 Å². The van der Waals surface area contributed by atoms with Gasteiger partial charge in [0, 0.05) is 4.90 Å². The van der Waals surface area contributed by atoms with E-state index in [1.807, 2.05) is 25.1 Å². The van der Waals surface area contributed by atoms with Gasteiger partial charge < -0.3 is 4.74 Å². The first-order chi connectivity index (χ1) is 14.1. The predicted octanol–water partition coefficient (Wildman–Crippen LogP) is 3.36. The molecule has 1 aliphatic carbocycles. The molecule has 0 bridgehead atoms. The number of imide groups is 1. The van der Waals surface area contributed by atoms with Crippen LogP contribution in [0.4, 0.5) is 5.69 Å². The number of allylic oxidation sites excluding steroid dienone is 1. The number of carbonyl (C=O) groups excluding carboxylic acids is 2. The van der Waals surface area contributed by atoms with Gasteiger partial charge in [-0.1, -0.05) is 42.0 Å². The van der Waals surface area contributed by atoms with Gasteiger partial charge in [-0.3, -0.25) is 13.8 Å². The Morgan fingerprint density at radius 1 is 1.03 bits per heavy atom. The van der Waals surface area contributed by atoms with Crippen LogP contribution in [0.3, 0.4) is 0 Å². The van der Waals surface area contributed by atoms with Crippen molar-refractivity contribution >= 4 is 28.3 Å². The van der Waals surface area contributed by atoms with Crippen LogP contribution in [0, 0.1) is 5.92 Å². The molecule has 2 aromatic carbocycles. The van der Waals surface area contributed by atoms with Gasteiger partial charge in [0.15, 0.2) is 10.9 Å². The van der Waals surface area contributed by atoms with Crippen molar-refractivity contribution in [3.8, 4) is 0 Å². The highest BCUT2D eigenvalue weighted by atomic mass is 32.2. The minimum atomic E-state index is -1.78. The number of amides is 2. The number of ether oxygens (including phenoxy) is 1. The summed E-state index contributed by atoms with van der Waals surface area (Å²) in [5.41, 5.74) is 2.33. The van der Waals surface area contributed by atoms with Crippen LogP contribution in [0.5, 0.6) is 0 Å². The van der Waals surface area contributed by atoms with E-state index in [4.69, 9.17) is 4.74 Å². The lowest BCUT2D eigenvalue weighted by Crippen LogP contribution is -2.58. The van der Waals surface area contributed by atoms with Crippen molar-refractivity contribution in [2.75, 3.05) is 4.90 Å². The lowest BCUT2D eigenvalue weighted by atomic mass is 9.75. The SMILES string of the molecule is CC1=C2C=COC2C2(S(=O)c3ccccc3)C(=O)N(c3ccccc3)C(=O)C2C1. The Labute approximate surface area is 171 Å². The Bertz CT molecular complexity index is 1090. The molecule has 6 heteroatoms. The third-order valence-electron chi connectivity index (χ3n) is 5.99. The molecule has 1 fully saturated rings. The Kier molecular flexibility index (Phi) is 4.06. The first-order valence-electron chi connectivity index (χ1n) is 9.49. The van der Waals surface area contributed by atoms with E-state index in [1.165, 1.54) is 4.90 Å². The average Bonchev–Trinajstić information content (AvgIpc) is 3.32. The van der Waals surface area contributed by atoms with Crippen LogP contribution in [0.1, 0.15) is 13.3 Å². The average molecular weight is 405 g/mol. The van der Waals surface area contributed by atoms with Crippen LogP contribution in [-0.2, 0) is 25.1 Å². The molecule has 29 heavy (non-hydrogen) atoms. The molecule has 4 atom stereocenters. The maximum atomic E-state index is 14.0. The number of rotatable bonds is 3. The summed E-state index contributed by atoms with van der Waals surface area (Å²) in [6.45, 7) is 1.94. The second-order valence-electron chi connectivity index (χ2n) is 7.50. The minimum Gasteiger partial charge on any atom is -0.491 e. The lowest BCUT2D eigenvalue weighted by Gasteiger charge is -2.39. The largest absolute Gasteiger partial charge is 0.491 e. The maximum absolute atomic E-state index is 14.0. The van der Waals surface area contributed by atoms with Crippen molar-refractivity contribution in [2.45, 2.75) is 29.1 Å². The van der Waals surface area contributed by atoms with Gasteiger partial charge >= 0.3 is 0 Å². The number of hydrogen-bond donors (Lipinski definition) is 0. The highest BCUT2D eigenvalue weighted by Crippen LogP contribution is 2.52. The number of nitrogens with zero attached hydrogens (tertiary/aromatic N) is 1. The summed E-state index contributed by atoms with van der Waals surface area (Å²) in [5, 5.41) is 0. The third-order valence-corrected chi connectivity index (χ3v) is 7.98. The summed E-state index contributed by atoms with van der Waals surface area (Å²) >= 11 is 0. The van der Waals surface area contributed by atoms with Crippen molar-refractivity contribution in [3.63, 3.8) is 0 Å². The number of benzene rings is 2. The van der Waals surface area contributed by atoms with E-state index >= 15 is 0 Å². The van der Waals surface area contributed by atoms with Crippen molar-refractivity contribution in [2.24, 2.45) is 5.92 Å². The van der Waals surface area contributed by atoms with Crippen molar-refractivity contribution in [3.05, 3.63) is 84.1 Å². The van der Waals surface area contributed by atoms with E-state index in [-0.39, 0.29) is 5.91 Å². The van der Waals surface area contributed by atoms with E-state index in [0.717, 1.165) is 11.1 Å². The first kappa shape index (κ1) is 18.1. The predicted molar refractivity (Wildman–Crippen MR) is 109 cm³/mol. The Hall–Kier alpha value is -2.99. The molecule has 5 nitrogen and oxygen atoms in total. The monoisotopic (exact) mass is 405 g/mol. The topological polar surface area (TPSA) is 63.7 Å². The molecular weight excluding hydrogens is 386 g/mol. The summed E-state index contributed by atoms with van der Waals surface area (Å²) in [7, 11) is -1.78. The second-order valence-corrected chi connectivity index (χ2v) is 9.18. The van der Waals surface area contributed by atoms with Gasteiger partial charge in [-0.25, -0.2) is 4.90 Å². The molecule has 0 spiro atoms. The fraction of sp³-hybridized carbons (Fsp3) is 0.217. The highest BCUT2D eigenvalue weighted by molar-refractivity contribution is 7.87. The molecule has 3 aliphatic rings. The summed E-state index contributed by atoms with van der Waals surface area (Å²) < 4.78 is 18.3. The van der Waals surface area contributed by atoms with Crippen LogP contribution >= 0.6 is 0 Å². The molecule has 2 aromatic rings. The second kappa shape index (κ2) is 6.52. The van der Waals surface area contributed by atoms with Crippen LogP contribution < -0.4 is 4.90 Å². The molecule has 4 unspecified atom stereocenters. The first-order valence-corrected chi connectivity index (χ1v) is 10.6. The minimum absolute atomic E-state index is 0.320. The van der Waals surface area contributed by atoms with Gasteiger partial charge in [-0.15, -0.1) is 0 Å². The van der Waals surface area contributed by atoms with Gasteiger partial charge in [0.2, 0.25) is 5.91 Å². The standard InChI is InChI=1S/C23H19NO4S/c1-15-14-19-21(25)24(16-8-4-2-5-9-16)22(26)23(19,20-18(15)12-13-28-20)29(27)17-10-6-3-7-11-17/h2-13,19-20H,14H2,1H3. The van der Waals surface area contributed by atoms with Crippen LogP contribution in [0.2, 0.25) is 0 Å². The third kappa shape index (κ3) is 2.35. The number of fused-ring (bicyclic) bond motifs is 3. The van der Waals surface area contributed by atoms with Crippen LogP contribution in [0.25, 0.3) is 0 Å². The fourth-order valence-corrected chi connectivity index (χ4v) is 6.50. The molecular formula is C23H19NO4S.